The van der Waals surface area contributed by atoms with Gasteiger partial charge in [0, 0.05) is 31.5 Å². The molecular formula is C27H24F3NO3. The number of benzene rings is 3. The number of Topliss-reactive ketones (excluding diaryl/α,β-unsaturated/α-hetero) is 2. The maximum atomic E-state index is 13.4. The Morgan fingerprint density at radius 2 is 1.88 bits per heavy atom. The minimum atomic E-state index is -4.37. The zero-order valence-corrected chi connectivity index (χ0v) is 18.5. The molecule has 0 amide bonds. The van der Waals surface area contributed by atoms with Crippen molar-refractivity contribution in [3.05, 3.63) is 76.9 Å². The first-order valence-electron chi connectivity index (χ1n) is 11.4. The van der Waals surface area contributed by atoms with Gasteiger partial charge in [0.05, 0.1) is 17.7 Å². The number of rotatable bonds is 5. The van der Waals surface area contributed by atoms with Gasteiger partial charge in [-0.15, -0.1) is 0 Å². The number of halogens is 3. The molecule has 2 aliphatic heterocycles. The number of alkyl halides is 3. The Bertz CT molecular complexity index is 1270. The molecule has 1 unspecified atom stereocenters. The molecule has 0 N–H and O–H groups in total. The van der Waals surface area contributed by atoms with Gasteiger partial charge in [0.1, 0.15) is 5.75 Å². The van der Waals surface area contributed by atoms with Crippen LogP contribution in [-0.2, 0) is 6.18 Å². The van der Waals surface area contributed by atoms with E-state index in [1.54, 1.807) is 30.3 Å². The predicted molar refractivity (Wildman–Crippen MR) is 123 cm³/mol. The second kappa shape index (κ2) is 8.87. The number of fused-ring (bicyclic) bond motifs is 2. The van der Waals surface area contributed by atoms with Gasteiger partial charge in [0.25, 0.3) is 0 Å². The third-order valence-corrected chi connectivity index (χ3v) is 6.78. The average molecular weight is 467 g/mol. The van der Waals surface area contributed by atoms with Gasteiger partial charge in [-0.05, 0) is 59.5 Å². The lowest BCUT2D eigenvalue weighted by Crippen LogP contribution is -2.24. The summed E-state index contributed by atoms with van der Waals surface area (Å²) < 4.78 is 45.7. The third-order valence-electron chi connectivity index (χ3n) is 6.78. The van der Waals surface area contributed by atoms with Crippen LogP contribution in [0.1, 0.15) is 57.0 Å². The molecule has 0 bridgehead atoms. The molecule has 4 nitrogen and oxygen atoms in total. The van der Waals surface area contributed by atoms with Gasteiger partial charge >= 0.3 is 6.18 Å². The highest BCUT2D eigenvalue weighted by molar-refractivity contribution is 6.05. The molecule has 0 aliphatic carbocycles. The lowest BCUT2D eigenvalue weighted by atomic mass is 9.93. The van der Waals surface area contributed by atoms with E-state index in [9.17, 15) is 22.8 Å². The summed E-state index contributed by atoms with van der Waals surface area (Å²) in [6.45, 7) is 2.05. The fraction of sp³-hybridized carbons (Fsp3) is 0.333. The number of hydrogen-bond donors (Lipinski definition) is 0. The molecular weight excluding hydrogens is 443 g/mol. The first-order valence-corrected chi connectivity index (χ1v) is 11.4. The van der Waals surface area contributed by atoms with Crippen LogP contribution in [0.4, 0.5) is 13.2 Å². The number of nitrogens with zero attached hydrogens (tertiary/aromatic N) is 1. The summed E-state index contributed by atoms with van der Waals surface area (Å²) in [4.78, 5) is 27.1. The third kappa shape index (κ3) is 4.44. The second-order valence-electron chi connectivity index (χ2n) is 8.98. The van der Waals surface area contributed by atoms with Crippen LogP contribution in [0, 0.1) is 0 Å². The van der Waals surface area contributed by atoms with Crippen molar-refractivity contribution in [2.75, 3.05) is 26.2 Å². The quantitative estimate of drug-likeness (QED) is 0.439. The Morgan fingerprint density at radius 1 is 1.06 bits per heavy atom. The SMILES string of the molecule is O=C(CCN1CCC(c2ccccc2C(F)(F)F)C1)c1ccc2cc3c(cc2c1)C(=O)CCO3. The maximum Gasteiger partial charge on any atom is 0.416 e. The molecule has 0 radical (unpaired) electrons. The summed E-state index contributed by atoms with van der Waals surface area (Å²) in [7, 11) is 0. The topological polar surface area (TPSA) is 46.6 Å². The minimum Gasteiger partial charge on any atom is -0.492 e. The summed E-state index contributed by atoms with van der Waals surface area (Å²) in [5.74, 6) is 0.398. The van der Waals surface area contributed by atoms with E-state index in [2.05, 4.69) is 4.90 Å². The van der Waals surface area contributed by atoms with E-state index < -0.39 is 11.7 Å². The van der Waals surface area contributed by atoms with Gasteiger partial charge in [-0.25, -0.2) is 0 Å². The normalized spacial score (nSPS) is 18.7. The fourth-order valence-electron chi connectivity index (χ4n) is 4.98. The summed E-state index contributed by atoms with van der Waals surface area (Å²) in [6.07, 6.45) is -3.10. The summed E-state index contributed by atoms with van der Waals surface area (Å²) in [5.41, 5.74) is 0.876. The van der Waals surface area contributed by atoms with Crippen molar-refractivity contribution in [2.24, 2.45) is 0 Å². The van der Waals surface area contributed by atoms with Crippen molar-refractivity contribution in [1.82, 2.24) is 4.90 Å². The number of likely N-dealkylation sites (tertiary alicyclic amines) is 1. The van der Waals surface area contributed by atoms with Crippen LogP contribution >= 0.6 is 0 Å². The van der Waals surface area contributed by atoms with Crippen LogP contribution in [0.2, 0.25) is 0 Å². The Morgan fingerprint density at radius 3 is 2.71 bits per heavy atom. The van der Waals surface area contributed by atoms with Crippen molar-refractivity contribution in [1.29, 1.82) is 0 Å². The van der Waals surface area contributed by atoms with Crippen molar-refractivity contribution in [2.45, 2.75) is 31.4 Å². The standard InChI is InChI=1S/C27H24F3NO3/c28-27(29,30)23-4-2-1-3-21(23)19-7-10-31(16-19)11-8-24(32)18-6-5-17-15-26-22(14-20(17)13-18)25(33)9-12-34-26/h1-6,13-15,19H,7-12,16H2. The van der Waals surface area contributed by atoms with E-state index in [1.807, 2.05) is 12.1 Å². The molecule has 34 heavy (non-hydrogen) atoms. The molecule has 0 saturated carbocycles. The number of ether oxygens (including phenoxy) is 1. The molecule has 0 aromatic heterocycles. The highest BCUT2D eigenvalue weighted by Crippen LogP contribution is 2.38. The summed E-state index contributed by atoms with van der Waals surface area (Å²) in [5, 5.41) is 1.71. The predicted octanol–water partition coefficient (Wildman–Crippen LogP) is 5.89. The van der Waals surface area contributed by atoms with Crippen LogP contribution in [0.25, 0.3) is 10.8 Å². The van der Waals surface area contributed by atoms with Gasteiger partial charge in [0.15, 0.2) is 11.6 Å². The van der Waals surface area contributed by atoms with Gasteiger partial charge in [-0.3, -0.25) is 9.59 Å². The maximum absolute atomic E-state index is 13.4. The lowest BCUT2D eigenvalue weighted by Gasteiger charge is -2.19. The van der Waals surface area contributed by atoms with Gasteiger partial charge in [-0.2, -0.15) is 13.2 Å². The van der Waals surface area contributed by atoms with Crippen LogP contribution in [0.15, 0.2) is 54.6 Å². The molecule has 0 spiro atoms. The molecule has 1 atom stereocenters. The molecule has 3 aromatic rings. The van der Waals surface area contributed by atoms with Crippen molar-refractivity contribution < 1.29 is 27.5 Å². The van der Waals surface area contributed by atoms with Crippen LogP contribution in [0.3, 0.4) is 0 Å². The monoisotopic (exact) mass is 467 g/mol. The van der Waals surface area contributed by atoms with Crippen LogP contribution in [0.5, 0.6) is 5.75 Å². The van der Waals surface area contributed by atoms with Gasteiger partial charge in [-0.1, -0.05) is 30.3 Å². The Labute approximate surface area is 195 Å². The molecule has 2 aliphatic rings. The van der Waals surface area contributed by atoms with Crippen molar-refractivity contribution >= 4 is 22.3 Å². The molecule has 176 valence electrons. The summed E-state index contributed by atoms with van der Waals surface area (Å²) >= 11 is 0. The van der Waals surface area contributed by atoms with E-state index in [0.717, 1.165) is 16.8 Å². The first-order chi connectivity index (χ1) is 16.3. The second-order valence-corrected chi connectivity index (χ2v) is 8.98. The van der Waals surface area contributed by atoms with E-state index in [4.69, 9.17) is 4.74 Å². The Kier molecular flexibility index (Phi) is 5.90. The lowest BCUT2D eigenvalue weighted by molar-refractivity contribution is -0.138. The largest absolute Gasteiger partial charge is 0.492 e. The van der Waals surface area contributed by atoms with Crippen molar-refractivity contribution in [3.63, 3.8) is 0 Å². The zero-order chi connectivity index (χ0) is 23.9. The number of carbonyl (C=O) groups is 2. The smallest absolute Gasteiger partial charge is 0.416 e. The highest BCUT2D eigenvalue weighted by Gasteiger charge is 2.36. The van der Waals surface area contributed by atoms with Gasteiger partial charge in [0.2, 0.25) is 0 Å². The minimum absolute atomic E-state index is 0.0265. The Hall–Kier alpha value is -3.19. The van der Waals surface area contributed by atoms with Crippen LogP contribution < -0.4 is 4.74 Å². The molecule has 1 saturated heterocycles. The molecule has 3 aromatic carbocycles. The van der Waals surface area contributed by atoms with E-state index in [1.165, 1.54) is 6.07 Å². The van der Waals surface area contributed by atoms with Crippen LogP contribution in [-0.4, -0.2) is 42.7 Å². The van der Waals surface area contributed by atoms with E-state index in [-0.39, 0.29) is 23.9 Å². The fourth-order valence-corrected chi connectivity index (χ4v) is 4.98. The number of ketones is 2. The summed E-state index contributed by atoms with van der Waals surface area (Å²) in [6, 6.07) is 14.8. The Balaban J connectivity index is 1.25. The average Bonchev–Trinajstić information content (AvgIpc) is 3.30. The number of carbonyl (C=O) groups excluding carboxylic acids is 2. The highest BCUT2D eigenvalue weighted by atomic mass is 19.4. The molecule has 5 rings (SSSR count). The molecule has 2 heterocycles. The first kappa shape index (κ1) is 22.6. The van der Waals surface area contributed by atoms with E-state index in [0.29, 0.717) is 61.5 Å². The molecule has 7 heteroatoms. The zero-order valence-electron chi connectivity index (χ0n) is 18.5. The van der Waals surface area contributed by atoms with E-state index >= 15 is 0 Å². The number of hydrogen-bond acceptors (Lipinski definition) is 4. The van der Waals surface area contributed by atoms with Gasteiger partial charge < -0.3 is 9.64 Å². The van der Waals surface area contributed by atoms with Crippen molar-refractivity contribution in [3.8, 4) is 5.75 Å². The molecule has 1 fully saturated rings.